The highest BCUT2D eigenvalue weighted by Crippen LogP contribution is 2.22. The SMILES string of the molecule is CCCC[N+](CCCC)(CCCC)CCCC.O=C([O-])c1c(F)c(F)c(F)c(F)c1F. The van der Waals surface area contributed by atoms with Gasteiger partial charge >= 0.3 is 0 Å². The molecule has 180 valence electrons. The van der Waals surface area contributed by atoms with E-state index < -0.39 is 40.6 Å². The minimum Gasteiger partial charge on any atom is -0.545 e. The van der Waals surface area contributed by atoms with Crippen LogP contribution in [0.15, 0.2) is 0 Å². The molecule has 0 aliphatic rings. The number of hydrogen-bond donors (Lipinski definition) is 0. The molecule has 0 amide bonds. The third kappa shape index (κ3) is 9.13. The minimum atomic E-state index is -2.47. The second-order valence-electron chi connectivity index (χ2n) is 7.88. The maximum atomic E-state index is 12.5. The molecule has 31 heavy (non-hydrogen) atoms. The summed E-state index contributed by atoms with van der Waals surface area (Å²) in [5, 5.41) is 10.0. The third-order valence-electron chi connectivity index (χ3n) is 5.36. The summed E-state index contributed by atoms with van der Waals surface area (Å²) in [7, 11) is 0. The molecule has 0 N–H and O–H groups in total. The molecule has 0 bridgehead atoms. The highest BCUT2D eigenvalue weighted by Gasteiger charge is 2.26. The largest absolute Gasteiger partial charge is 0.545 e. The Morgan fingerprint density at radius 3 is 1.10 bits per heavy atom. The number of benzene rings is 1. The Labute approximate surface area is 182 Å². The number of carbonyl (C=O) groups excluding carboxylic acids is 1. The number of aromatic carboxylic acids is 1. The van der Waals surface area contributed by atoms with Crippen molar-refractivity contribution in [1.82, 2.24) is 0 Å². The molecular formula is C23H36F5NO2. The Bertz CT molecular complexity index is 616. The van der Waals surface area contributed by atoms with Gasteiger partial charge < -0.3 is 14.4 Å². The molecule has 0 unspecified atom stereocenters. The van der Waals surface area contributed by atoms with E-state index in [2.05, 4.69) is 27.7 Å². The summed E-state index contributed by atoms with van der Waals surface area (Å²) in [4.78, 5) is 10.0. The summed E-state index contributed by atoms with van der Waals surface area (Å²) in [6.45, 7) is 15.0. The van der Waals surface area contributed by atoms with Crippen LogP contribution in [0.1, 0.15) is 89.4 Å². The van der Waals surface area contributed by atoms with Crippen LogP contribution in [0.5, 0.6) is 0 Å². The molecule has 0 atom stereocenters. The summed E-state index contributed by atoms with van der Waals surface area (Å²) in [5.74, 6) is -14.4. The molecule has 1 aromatic rings. The molecule has 0 aromatic heterocycles. The predicted molar refractivity (Wildman–Crippen MR) is 110 cm³/mol. The number of rotatable bonds is 13. The maximum Gasteiger partial charge on any atom is 0.200 e. The first-order valence-corrected chi connectivity index (χ1v) is 11.2. The molecule has 0 fully saturated rings. The summed E-state index contributed by atoms with van der Waals surface area (Å²) >= 11 is 0. The van der Waals surface area contributed by atoms with Crippen molar-refractivity contribution in [3.8, 4) is 0 Å². The van der Waals surface area contributed by atoms with Gasteiger partial charge in [-0.3, -0.25) is 0 Å². The Balaban J connectivity index is 0.000000590. The van der Waals surface area contributed by atoms with Gasteiger partial charge in [0.15, 0.2) is 23.3 Å². The van der Waals surface area contributed by atoms with E-state index in [0.717, 1.165) is 0 Å². The molecule has 0 radical (unpaired) electrons. The number of carbonyl (C=O) groups is 1. The molecule has 0 saturated heterocycles. The lowest BCUT2D eigenvalue weighted by Gasteiger charge is -2.39. The molecule has 0 aliphatic carbocycles. The lowest BCUT2D eigenvalue weighted by molar-refractivity contribution is -0.929. The van der Waals surface area contributed by atoms with E-state index in [1.165, 1.54) is 82.0 Å². The minimum absolute atomic E-state index is 1.35. The van der Waals surface area contributed by atoms with Gasteiger partial charge in [-0.05, 0) is 25.7 Å². The number of unbranched alkanes of at least 4 members (excludes halogenated alkanes) is 4. The summed E-state index contributed by atoms with van der Waals surface area (Å²) in [6, 6.07) is 0. The molecule has 0 aliphatic heterocycles. The van der Waals surface area contributed by atoms with Crippen LogP contribution < -0.4 is 5.11 Å². The van der Waals surface area contributed by atoms with E-state index >= 15 is 0 Å². The quantitative estimate of drug-likeness (QED) is 0.165. The number of carboxylic acid groups (broad SMARTS) is 1. The van der Waals surface area contributed by atoms with Crippen molar-refractivity contribution in [3.05, 3.63) is 34.6 Å². The second-order valence-corrected chi connectivity index (χ2v) is 7.88. The molecule has 1 rings (SSSR count). The first-order chi connectivity index (χ1) is 14.6. The lowest BCUT2D eigenvalue weighted by Crippen LogP contribution is -2.50. The van der Waals surface area contributed by atoms with Crippen LogP contribution in [0.25, 0.3) is 0 Å². The average molecular weight is 454 g/mol. The van der Waals surface area contributed by atoms with E-state index in [1.807, 2.05) is 0 Å². The van der Waals surface area contributed by atoms with E-state index in [0.29, 0.717) is 0 Å². The topological polar surface area (TPSA) is 40.1 Å². The highest BCUT2D eigenvalue weighted by atomic mass is 19.2. The third-order valence-corrected chi connectivity index (χ3v) is 5.36. The van der Waals surface area contributed by atoms with Crippen LogP contribution >= 0.6 is 0 Å². The molecule has 3 nitrogen and oxygen atoms in total. The van der Waals surface area contributed by atoms with E-state index in [-0.39, 0.29) is 0 Å². The van der Waals surface area contributed by atoms with Gasteiger partial charge in [0, 0.05) is 0 Å². The molecule has 0 heterocycles. The molecule has 0 spiro atoms. The van der Waals surface area contributed by atoms with E-state index in [4.69, 9.17) is 0 Å². The van der Waals surface area contributed by atoms with Crippen LogP contribution in [0.4, 0.5) is 22.0 Å². The summed E-state index contributed by atoms with van der Waals surface area (Å²) in [6.07, 6.45) is 11.1. The fraction of sp³-hybridized carbons (Fsp3) is 0.696. The van der Waals surface area contributed by atoms with E-state index in [9.17, 15) is 31.9 Å². The van der Waals surface area contributed by atoms with Crippen LogP contribution in [0.3, 0.4) is 0 Å². The van der Waals surface area contributed by atoms with Gasteiger partial charge in [-0.1, -0.05) is 53.4 Å². The highest BCUT2D eigenvalue weighted by molar-refractivity contribution is 5.86. The Hall–Kier alpha value is -1.70. The fourth-order valence-corrected chi connectivity index (χ4v) is 3.43. The van der Waals surface area contributed by atoms with Gasteiger partial charge in [-0.2, -0.15) is 0 Å². The van der Waals surface area contributed by atoms with Gasteiger partial charge in [0.2, 0.25) is 5.82 Å². The molecular weight excluding hydrogens is 417 g/mol. The number of halogens is 5. The molecule has 1 aromatic carbocycles. The van der Waals surface area contributed by atoms with Gasteiger partial charge in [0.05, 0.1) is 37.7 Å². The van der Waals surface area contributed by atoms with Crippen molar-refractivity contribution in [2.75, 3.05) is 26.2 Å². The first kappa shape index (κ1) is 29.3. The van der Waals surface area contributed by atoms with Crippen LogP contribution in [0.2, 0.25) is 0 Å². The number of quaternary nitrogens is 1. The van der Waals surface area contributed by atoms with E-state index in [1.54, 1.807) is 0 Å². The van der Waals surface area contributed by atoms with Crippen molar-refractivity contribution < 1.29 is 36.3 Å². The van der Waals surface area contributed by atoms with Gasteiger partial charge in [-0.15, -0.1) is 0 Å². The standard InChI is InChI=1S/C16H36N.C7HF5O2/c1-5-9-13-17(14-10-6-2,15-11-7-3)16-12-8-4;8-2-1(7(13)14)3(9)5(11)6(12)4(2)10/h5-16H2,1-4H3;(H,13,14)/q+1;/p-1. The van der Waals surface area contributed by atoms with Crippen LogP contribution in [-0.2, 0) is 0 Å². The summed E-state index contributed by atoms with van der Waals surface area (Å²) < 4.78 is 63.4. The Morgan fingerprint density at radius 2 is 0.871 bits per heavy atom. The lowest BCUT2D eigenvalue weighted by atomic mass is 10.1. The zero-order chi connectivity index (χ0) is 24.0. The van der Waals surface area contributed by atoms with Crippen LogP contribution in [-0.4, -0.2) is 36.6 Å². The van der Waals surface area contributed by atoms with Gasteiger partial charge in [0.1, 0.15) is 0 Å². The van der Waals surface area contributed by atoms with Crippen LogP contribution in [0, 0.1) is 29.1 Å². The van der Waals surface area contributed by atoms with Gasteiger partial charge in [-0.25, -0.2) is 22.0 Å². The Morgan fingerprint density at radius 1 is 0.613 bits per heavy atom. The molecule has 0 saturated carbocycles. The monoisotopic (exact) mass is 453 g/mol. The maximum absolute atomic E-state index is 12.5. The number of hydrogen-bond acceptors (Lipinski definition) is 2. The summed E-state index contributed by atoms with van der Waals surface area (Å²) in [5.41, 5.74) is -1.97. The first-order valence-electron chi connectivity index (χ1n) is 11.2. The Kier molecular flexibility index (Phi) is 14.3. The number of carboxylic acids is 1. The second kappa shape index (κ2) is 15.2. The zero-order valence-electron chi connectivity index (χ0n) is 19.1. The van der Waals surface area contributed by atoms with Crippen molar-refractivity contribution in [2.24, 2.45) is 0 Å². The smallest absolute Gasteiger partial charge is 0.200 e. The van der Waals surface area contributed by atoms with Gasteiger partial charge in [0.25, 0.3) is 0 Å². The number of nitrogens with zero attached hydrogens (tertiary/aromatic N) is 1. The van der Waals surface area contributed by atoms with Crippen molar-refractivity contribution in [1.29, 1.82) is 0 Å². The molecule has 8 heteroatoms. The van der Waals surface area contributed by atoms with Crippen molar-refractivity contribution in [2.45, 2.75) is 79.1 Å². The van der Waals surface area contributed by atoms with Crippen molar-refractivity contribution >= 4 is 5.97 Å². The average Bonchev–Trinajstić information content (AvgIpc) is 2.75. The normalized spacial score (nSPS) is 11.3. The zero-order valence-corrected chi connectivity index (χ0v) is 19.1. The van der Waals surface area contributed by atoms with Crippen molar-refractivity contribution in [3.63, 3.8) is 0 Å². The predicted octanol–water partition coefficient (Wildman–Crippen LogP) is 5.75. The fourth-order valence-electron chi connectivity index (χ4n) is 3.43.